The highest BCUT2D eigenvalue weighted by Gasteiger charge is 2.16. The summed E-state index contributed by atoms with van der Waals surface area (Å²) in [6.07, 6.45) is 5.02. The Labute approximate surface area is 84.9 Å². The summed E-state index contributed by atoms with van der Waals surface area (Å²) < 4.78 is 25.6. The molecule has 14 heavy (non-hydrogen) atoms. The van der Waals surface area contributed by atoms with Crippen molar-refractivity contribution < 1.29 is 8.42 Å². The van der Waals surface area contributed by atoms with Crippen LogP contribution < -0.4 is 10.5 Å². The van der Waals surface area contributed by atoms with Crippen molar-refractivity contribution in [1.29, 1.82) is 0 Å². The van der Waals surface area contributed by atoms with E-state index in [0.717, 1.165) is 18.4 Å². The second kappa shape index (κ2) is 4.72. The molecule has 0 aromatic rings. The van der Waals surface area contributed by atoms with Crippen molar-refractivity contribution in [3.63, 3.8) is 0 Å². The van der Waals surface area contributed by atoms with Crippen molar-refractivity contribution in [2.45, 2.75) is 19.8 Å². The van der Waals surface area contributed by atoms with Crippen molar-refractivity contribution in [2.24, 2.45) is 5.73 Å². The third kappa shape index (κ3) is 2.67. The topological polar surface area (TPSA) is 72.2 Å². The highest BCUT2D eigenvalue weighted by molar-refractivity contribution is 7.93. The molecular formula is C9H16N2O2S. The van der Waals surface area contributed by atoms with E-state index in [0.29, 0.717) is 18.0 Å². The predicted molar refractivity (Wildman–Crippen MR) is 57.1 cm³/mol. The Hall–Kier alpha value is -0.650. The Balaban J connectivity index is 2.89. The monoisotopic (exact) mass is 216 g/mol. The minimum atomic E-state index is -3.30. The maximum Gasteiger partial charge on any atom is 0.240 e. The fourth-order valence-corrected chi connectivity index (χ4v) is 2.56. The van der Waals surface area contributed by atoms with E-state index in [2.05, 4.69) is 4.72 Å². The van der Waals surface area contributed by atoms with Crippen LogP contribution in [0, 0.1) is 0 Å². The molecule has 5 heteroatoms. The molecule has 4 nitrogen and oxygen atoms in total. The Kier molecular flexibility index (Phi) is 3.86. The molecule has 0 spiro atoms. The number of hydrogen-bond donors (Lipinski definition) is 2. The van der Waals surface area contributed by atoms with Gasteiger partial charge in [0.1, 0.15) is 0 Å². The van der Waals surface area contributed by atoms with Crippen LogP contribution in [0.25, 0.3) is 0 Å². The molecule has 0 saturated carbocycles. The van der Waals surface area contributed by atoms with Crippen LogP contribution in [0.3, 0.4) is 0 Å². The van der Waals surface area contributed by atoms with Gasteiger partial charge in [-0.15, -0.1) is 0 Å². The summed E-state index contributed by atoms with van der Waals surface area (Å²) in [5.41, 5.74) is 6.46. The maximum absolute atomic E-state index is 11.6. The van der Waals surface area contributed by atoms with Gasteiger partial charge in [0.25, 0.3) is 0 Å². The molecule has 1 aliphatic carbocycles. The number of nitrogens with two attached hydrogens (primary N) is 1. The van der Waals surface area contributed by atoms with Gasteiger partial charge in [-0.25, -0.2) is 13.1 Å². The lowest BCUT2D eigenvalue weighted by Crippen LogP contribution is -2.25. The van der Waals surface area contributed by atoms with Gasteiger partial charge in [-0.3, -0.25) is 0 Å². The van der Waals surface area contributed by atoms with Crippen molar-refractivity contribution in [3.05, 3.63) is 22.6 Å². The minimum absolute atomic E-state index is 0.353. The first-order valence-corrected chi connectivity index (χ1v) is 6.18. The standard InChI is InChI=1S/C9H16N2O2S/c1-2-11-14(12,13)9-5-3-4-8(6-9)7-10/h5-6,11H,2-4,7,10H2,1H3. The average molecular weight is 216 g/mol. The second-order valence-electron chi connectivity index (χ2n) is 3.15. The first kappa shape index (κ1) is 11.4. The minimum Gasteiger partial charge on any atom is -0.327 e. The number of rotatable bonds is 4. The van der Waals surface area contributed by atoms with Crippen molar-refractivity contribution in [3.8, 4) is 0 Å². The average Bonchev–Trinajstić information content (AvgIpc) is 2.18. The van der Waals surface area contributed by atoms with E-state index in [9.17, 15) is 8.42 Å². The highest BCUT2D eigenvalue weighted by Crippen LogP contribution is 2.19. The Morgan fingerprint density at radius 3 is 2.86 bits per heavy atom. The molecule has 0 fully saturated rings. The first-order chi connectivity index (χ1) is 6.60. The van der Waals surface area contributed by atoms with Crippen LogP contribution in [0.5, 0.6) is 0 Å². The summed E-state index contributed by atoms with van der Waals surface area (Å²) in [5.74, 6) is 0. The van der Waals surface area contributed by atoms with Gasteiger partial charge in [-0.1, -0.05) is 18.6 Å². The normalized spacial score (nSPS) is 17.6. The van der Waals surface area contributed by atoms with E-state index in [1.165, 1.54) is 0 Å². The molecule has 0 saturated heterocycles. The Bertz CT molecular complexity index is 355. The summed E-state index contributed by atoms with van der Waals surface area (Å²) in [7, 11) is -3.30. The maximum atomic E-state index is 11.6. The van der Waals surface area contributed by atoms with Crippen LogP contribution in [0.4, 0.5) is 0 Å². The van der Waals surface area contributed by atoms with E-state index in [4.69, 9.17) is 5.73 Å². The van der Waals surface area contributed by atoms with Gasteiger partial charge in [0.15, 0.2) is 0 Å². The zero-order chi connectivity index (χ0) is 10.6. The lowest BCUT2D eigenvalue weighted by molar-refractivity contribution is 0.590. The van der Waals surface area contributed by atoms with Gasteiger partial charge in [0.05, 0.1) is 4.91 Å². The van der Waals surface area contributed by atoms with Gasteiger partial charge >= 0.3 is 0 Å². The number of nitrogens with one attached hydrogen (secondary N) is 1. The van der Waals surface area contributed by atoms with E-state index in [-0.39, 0.29) is 0 Å². The van der Waals surface area contributed by atoms with E-state index >= 15 is 0 Å². The zero-order valence-electron chi connectivity index (χ0n) is 8.29. The third-order valence-corrected chi connectivity index (χ3v) is 3.64. The molecule has 3 N–H and O–H groups in total. The molecule has 1 rings (SSSR count). The molecule has 0 aromatic carbocycles. The lowest BCUT2D eigenvalue weighted by atomic mass is 10.1. The van der Waals surface area contributed by atoms with Gasteiger partial charge in [0, 0.05) is 13.1 Å². The molecule has 80 valence electrons. The summed E-state index contributed by atoms with van der Waals surface area (Å²) in [6, 6.07) is 0. The van der Waals surface area contributed by atoms with Gasteiger partial charge in [0.2, 0.25) is 10.0 Å². The molecule has 0 aromatic heterocycles. The predicted octanol–water partition coefficient (Wildman–Crippen LogP) is 0.489. The van der Waals surface area contributed by atoms with E-state index < -0.39 is 10.0 Å². The molecular weight excluding hydrogens is 200 g/mol. The van der Waals surface area contributed by atoms with Crippen molar-refractivity contribution in [1.82, 2.24) is 4.72 Å². The first-order valence-electron chi connectivity index (χ1n) is 4.69. The molecule has 0 heterocycles. The van der Waals surface area contributed by atoms with Gasteiger partial charge in [-0.05, 0) is 18.9 Å². The molecule has 0 amide bonds. The summed E-state index contributed by atoms with van der Waals surface area (Å²) in [5, 5.41) is 0. The number of sulfonamides is 1. The molecule has 0 aliphatic heterocycles. The molecule has 0 radical (unpaired) electrons. The zero-order valence-corrected chi connectivity index (χ0v) is 9.10. The molecule has 0 unspecified atom stereocenters. The summed E-state index contributed by atoms with van der Waals surface area (Å²) >= 11 is 0. The van der Waals surface area contributed by atoms with E-state index in [1.54, 1.807) is 19.1 Å². The third-order valence-electron chi connectivity index (χ3n) is 2.06. The fourth-order valence-electron chi connectivity index (χ4n) is 1.35. The van der Waals surface area contributed by atoms with Crippen LogP contribution in [-0.2, 0) is 10.0 Å². The van der Waals surface area contributed by atoms with Crippen molar-refractivity contribution in [2.75, 3.05) is 13.1 Å². The van der Waals surface area contributed by atoms with Crippen LogP contribution >= 0.6 is 0 Å². The second-order valence-corrected chi connectivity index (χ2v) is 4.92. The number of hydrogen-bond acceptors (Lipinski definition) is 3. The Morgan fingerprint density at radius 1 is 1.57 bits per heavy atom. The SMILES string of the molecule is CCNS(=O)(=O)C1=CCCC(CN)=C1. The van der Waals surface area contributed by atoms with Crippen LogP contribution in [0.2, 0.25) is 0 Å². The smallest absolute Gasteiger partial charge is 0.240 e. The quantitative estimate of drug-likeness (QED) is 0.718. The molecule has 0 atom stereocenters. The lowest BCUT2D eigenvalue weighted by Gasteiger charge is -2.12. The van der Waals surface area contributed by atoms with Gasteiger partial charge in [-0.2, -0.15) is 0 Å². The van der Waals surface area contributed by atoms with E-state index in [1.807, 2.05) is 0 Å². The Morgan fingerprint density at radius 2 is 2.29 bits per heavy atom. The summed E-state index contributed by atoms with van der Waals surface area (Å²) in [6.45, 7) is 2.60. The number of allylic oxidation sites excluding steroid dienone is 2. The van der Waals surface area contributed by atoms with Crippen LogP contribution in [0.15, 0.2) is 22.6 Å². The molecule has 0 bridgehead atoms. The largest absolute Gasteiger partial charge is 0.327 e. The highest BCUT2D eigenvalue weighted by atomic mass is 32.2. The summed E-state index contributed by atoms with van der Waals surface area (Å²) in [4.78, 5) is 0.353. The fraction of sp³-hybridized carbons (Fsp3) is 0.556. The van der Waals surface area contributed by atoms with Crippen molar-refractivity contribution >= 4 is 10.0 Å². The molecule has 1 aliphatic rings. The van der Waals surface area contributed by atoms with Crippen LogP contribution in [0.1, 0.15) is 19.8 Å². The van der Waals surface area contributed by atoms with Crippen LogP contribution in [-0.4, -0.2) is 21.5 Å². The van der Waals surface area contributed by atoms with Gasteiger partial charge < -0.3 is 5.73 Å².